The molecule has 0 aromatic carbocycles. The third-order valence-electron chi connectivity index (χ3n) is 4.31. The molecular weight excluding hydrogens is 276 g/mol. The molecule has 0 amide bonds. The number of rotatable bonds is 6. The highest BCUT2D eigenvalue weighted by molar-refractivity contribution is 5.85. The summed E-state index contributed by atoms with van der Waals surface area (Å²) in [6.07, 6.45) is 9.57. The van der Waals surface area contributed by atoms with Crippen LogP contribution < -0.4 is 5.73 Å². The van der Waals surface area contributed by atoms with Crippen molar-refractivity contribution in [1.29, 1.82) is 0 Å². The third kappa shape index (κ3) is 4.17. The van der Waals surface area contributed by atoms with Crippen LogP contribution in [-0.2, 0) is 13.1 Å². The molecule has 0 unspecified atom stereocenters. The Morgan fingerprint density at radius 2 is 1.90 bits per heavy atom. The van der Waals surface area contributed by atoms with Crippen molar-refractivity contribution < 1.29 is 4.52 Å². The minimum Gasteiger partial charge on any atom is -0.338 e. The molecule has 20 heavy (non-hydrogen) atoms. The van der Waals surface area contributed by atoms with Crippen molar-refractivity contribution >= 4 is 12.4 Å². The number of halogens is 1. The Labute approximate surface area is 126 Å². The molecule has 114 valence electrons. The van der Waals surface area contributed by atoms with E-state index < -0.39 is 0 Å². The van der Waals surface area contributed by atoms with Crippen molar-refractivity contribution in [2.24, 2.45) is 11.7 Å². The van der Waals surface area contributed by atoms with Crippen molar-refractivity contribution in [2.45, 2.75) is 64.1 Å². The molecule has 0 aliphatic heterocycles. The van der Waals surface area contributed by atoms with E-state index in [1.165, 1.54) is 51.5 Å². The zero-order chi connectivity index (χ0) is 13.1. The Hall–Kier alpha value is -0.650. The maximum absolute atomic E-state index is 5.52. The van der Waals surface area contributed by atoms with E-state index >= 15 is 0 Å². The van der Waals surface area contributed by atoms with E-state index in [1.54, 1.807) is 0 Å². The third-order valence-corrected chi connectivity index (χ3v) is 4.31. The SMILES string of the molecule is Cl.NCc1nc(CN(CC2CC2)C2CCCCC2)no1. The first kappa shape index (κ1) is 15.7. The van der Waals surface area contributed by atoms with Gasteiger partial charge in [-0.25, -0.2) is 0 Å². The number of nitrogens with zero attached hydrogens (tertiary/aromatic N) is 3. The topological polar surface area (TPSA) is 68.2 Å². The highest BCUT2D eigenvalue weighted by Crippen LogP contribution is 2.33. The van der Waals surface area contributed by atoms with Gasteiger partial charge in [0.2, 0.25) is 5.89 Å². The molecule has 0 radical (unpaired) electrons. The summed E-state index contributed by atoms with van der Waals surface area (Å²) in [5, 5.41) is 4.04. The Bertz CT molecular complexity index is 402. The zero-order valence-corrected chi connectivity index (χ0v) is 12.8. The van der Waals surface area contributed by atoms with Crippen LogP contribution in [0, 0.1) is 5.92 Å². The van der Waals surface area contributed by atoms with Crippen LogP contribution in [0.4, 0.5) is 0 Å². The fourth-order valence-electron chi connectivity index (χ4n) is 3.04. The van der Waals surface area contributed by atoms with E-state index in [0.717, 1.165) is 18.3 Å². The number of hydrogen-bond acceptors (Lipinski definition) is 5. The van der Waals surface area contributed by atoms with E-state index in [2.05, 4.69) is 15.0 Å². The van der Waals surface area contributed by atoms with Crippen LogP contribution in [-0.4, -0.2) is 27.6 Å². The van der Waals surface area contributed by atoms with Crippen LogP contribution in [0.25, 0.3) is 0 Å². The second-order valence-corrected chi connectivity index (χ2v) is 5.97. The lowest BCUT2D eigenvalue weighted by atomic mass is 9.94. The summed E-state index contributed by atoms with van der Waals surface area (Å²) < 4.78 is 5.11. The van der Waals surface area contributed by atoms with Crippen LogP contribution in [0.15, 0.2) is 4.52 Å². The minimum absolute atomic E-state index is 0. The predicted molar refractivity (Wildman–Crippen MR) is 79.4 cm³/mol. The highest BCUT2D eigenvalue weighted by Gasteiger charge is 2.29. The van der Waals surface area contributed by atoms with Crippen LogP contribution in [0.2, 0.25) is 0 Å². The summed E-state index contributed by atoms with van der Waals surface area (Å²) in [4.78, 5) is 6.93. The monoisotopic (exact) mass is 300 g/mol. The van der Waals surface area contributed by atoms with E-state index in [1.807, 2.05) is 0 Å². The first-order valence-corrected chi connectivity index (χ1v) is 7.60. The van der Waals surface area contributed by atoms with Gasteiger partial charge in [0.05, 0.1) is 13.1 Å². The maximum atomic E-state index is 5.52. The number of aromatic nitrogens is 2. The van der Waals surface area contributed by atoms with E-state index in [9.17, 15) is 0 Å². The number of hydrogen-bond donors (Lipinski definition) is 1. The quantitative estimate of drug-likeness (QED) is 0.874. The predicted octanol–water partition coefficient (Wildman–Crippen LogP) is 2.49. The maximum Gasteiger partial charge on any atom is 0.240 e. The van der Waals surface area contributed by atoms with E-state index in [4.69, 9.17) is 10.3 Å². The van der Waals surface area contributed by atoms with Gasteiger partial charge in [0.15, 0.2) is 5.82 Å². The average molecular weight is 301 g/mol. The van der Waals surface area contributed by atoms with Crippen LogP contribution in [0.3, 0.4) is 0 Å². The Balaban J connectivity index is 0.00000147. The molecule has 1 heterocycles. The standard InChI is InChI=1S/C14H24N4O.ClH/c15-8-14-16-13(17-19-14)10-18(9-11-6-7-11)12-4-2-1-3-5-12;/h11-12H,1-10,15H2;1H. The average Bonchev–Trinajstić information content (AvgIpc) is 3.16. The van der Waals surface area contributed by atoms with Crippen LogP contribution in [0.1, 0.15) is 56.7 Å². The van der Waals surface area contributed by atoms with Crippen molar-refractivity contribution in [3.63, 3.8) is 0 Å². The van der Waals surface area contributed by atoms with Crippen molar-refractivity contribution in [3.8, 4) is 0 Å². The van der Waals surface area contributed by atoms with Crippen molar-refractivity contribution in [2.75, 3.05) is 6.54 Å². The van der Waals surface area contributed by atoms with Gasteiger partial charge < -0.3 is 10.3 Å². The molecule has 1 aromatic rings. The van der Waals surface area contributed by atoms with Crippen molar-refractivity contribution in [3.05, 3.63) is 11.7 Å². The van der Waals surface area contributed by atoms with Gasteiger partial charge in [0.25, 0.3) is 0 Å². The molecule has 0 spiro atoms. The van der Waals surface area contributed by atoms with Gasteiger partial charge in [-0.1, -0.05) is 24.4 Å². The van der Waals surface area contributed by atoms with Crippen LogP contribution >= 0.6 is 12.4 Å². The molecule has 6 heteroatoms. The summed E-state index contributed by atoms with van der Waals surface area (Å²) in [6.45, 7) is 2.36. The molecule has 2 saturated carbocycles. The summed E-state index contributed by atoms with van der Waals surface area (Å²) in [5.74, 6) is 2.25. The second-order valence-electron chi connectivity index (χ2n) is 5.97. The Morgan fingerprint density at radius 1 is 1.15 bits per heavy atom. The van der Waals surface area contributed by atoms with Crippen molar-refractivity contribution in [1.82, 2.24) is 15.0 Å². The second kappa shape index (κ2) is 7.38. The fourth-order valence-corrected chi connectivity index (χ4v) is 3.04. The fraction of sp³-hybridized carbons (Fsp3) is 0.857. The summed E-state index contributed by atoms with van der Waals surface area (Å²) in [7, 11) is 0. The lowest BCUT2D eigenvalue weighted by Gasteiger charge is -2.33. The molecule has 1 aromatic heterocycles. The largest absolute Gasteiger partial charge is 0.338 e. The molecular formula is C14H25ClN4O. The van der Waals surface area contributed by atoms with Gasteiger partial charge in [-0.3, -0.25) is 4.90 Å². The van der Waals surface area contributed by atoms with Gasteiger partial charge in [-0.05, 0) is 31.6 Å². The molecule has 0 bridgehead atoms. The first-order chi connectivity index (χ1) is 9.35. The molecule has 2 aliphatic carbocycles. The number of nitrogens with two attached hydrogens (primary N) is 1. The molecule has 0 saturated heterocycles. The summed E-state index contributed by atoms with van der Waals surface area (Å²) in [6, 6.07) is 0.717. The molecule has 3 rings (SSSR count). The zero-order valence-electron chi connectivity index (χ0n) is 12.0. The Kier molecular flexibility index (Phi) is 5.81. The lowest BCUT2D eigenvalue weighted by Crippen LogP contribution is -2.38. The van der Waals surface area contributed by atoms with Crippen LogP contribution in [0.5, 0.6) is 0 Å². The highest BCUT2D eigenvalue weighted by atomic mass is 35.5. The molecule has 5 nitrogen and oxygen atoms in total. The summed E-state index contributed by atoms with van der Waals surface area (Å²) >= 11 is 0. The van der Waals surface area contributed by atoms with Gasteiger partial charge in [0, 0.05) is 12.6 Å². The van der Waals surface area contributed by atoms with Gasteiger partial charge in [0.1, 0.15) is 0 Å². The molecule has 2 aliphatic rings. The molecule has 2 N–H and O–H groups in total. The van der Waals surface area contributed by atoms with E-state index in [0.29, 0.717) is 18.5 Å². The molecule has 0 atom stereocenters. The van der Waals surface area contributed by atoms with Gasteiger partial charge in [-0.15, -0.1) is 12.4 Å². The normalized spacial score (nSPS) is 20.1. The summed E-state index contributed by atoms with van der Waals surface area (Å²) in [5.41, 5.74) is 5.52. The molecule has 2 fully saturated rings. The first-order valence-electron chi connectivity index (χ1n) is 7.60. The van der Waals surface area contributed by atoms with E-state index in [-0.39, 0.29) is 12.4 Å². The van der Waals surface area contributed by atoms with Gasteiger partial charge in [-0.2, -0.15) is 4.98 Å². The minimum atomic E-state index is 0. The smallest absolute Gasteiger partial charge is 0.240 e. The lowest BCUT2D eigenvalue weighted by molar-refractivity contribution is 0.137. The van der Waals surface area contributed by atoms with Gasteiger partial charge >= 0.3 is 0 Å². The Morgan fingerprint density at radius 3 is 2.50 bits per heavy atom.